The second-order valence-electron chi connectivity index (χ2n) is 5.60. The topological polar surface area (TPSA) is 20.2 Å². The largest absolute Gasteiger partial charge is 0.508 e. The van der Waals surface area contributed by atoms with Crippen molar-refractivity contribution in [1.82, 2.24) is 0 Å². The molecule has 0 aromatic heterocycles. The first-order valence-corrected chi connectivity index (χ1v) is 7.27. The van der Waals surface area contributed by atoms with E-state index in [1.807, 2.05) is 12.1 Å². The molecule has 0 fully saturated rings. The number of rotatable bonds is 1. The van der Waals surface area contributed by atoms with Gasteiger partial charge in [-0.3, -0.25) is 0 Å². The normalized spacial score (nSPS) is 13.5. The molecule has 0 unspecified atom stereocenters. The van der Waals surface area contributed by atoms with Crippen LogP contribution in [0.25, 0.3) is 0 Å². The highest BCUT2D eigenvalue weighted by Crippen LogP contribution is 2.40. The van der Waals surface area contributed by atoms with Crippen molar-refractivity contribution in [2.24, 2.45) is 0 Å². The zero-order valence-electron chi connectivity index (χ0n) is 11.7. The van der Waals surface area contributed by atoms with Crippen LogP contribution >= 0.6 is 0 Å². The molecule has 0 spiro atoms. The third kappa shape index (κ3) is 2.02. The molecule has 0 radical (unpaired) electrons. The maximum atomic E-state index is 9.55. The van der Waals surface area contributed by atoms with E-state index in [-0.39, 0.29) is 5.92 Å². The second kappa shape index (κ2) is 4.78. The van der Waals surface area contributed by atoms with E-state index in [0.29, 0.717) is 5.75 Å². The Hall–Kier alpha value is -2.54. The van der Waals surface area contributed by atoms with Gasteiger partial charge in [0.25, 0.3) is 0 Å². The van der Waals surface area contributed by atoms with Gasteiger partial charge in [0.2, 0.25) is 0 Å². The molecule has 1 aliphatic rings. The van der Waals surface area contributed by atoms with E-state index in [1.165, 1.54) is 27.8 Å². The fourth-order valence-electron chi connectivity index (χ4n) is 3.35. The summed E-state index contributed by atoms with van der Waals surface area (Å²) in [5.41, 5.74) is 6.78. The SMILES string of the molecule is Oc1ccc(C2c3ccccc3Cc3ccccc32)cc1. The van der Waals surface area contributed by atoms with E-state index < -0.39 is 0 Å². The monoisotopic (exact) mass is 272 g/mol. The summed E-state index contributed by atoms with van der Waals surface area (Å²) < 4.78 is 0. The van der Waals surface area contributed by atoms with Crippen molar-refractivity contribution in [3.05, 3.63) is 101 Å². The molecule has 0 saturated heterocycles. The highest BCUT2D eigenvalue weighted by Gasteiger charge is 2.26. The first kappa shape index (κ1) is 12.2. The minimum absolute atomic E-state index is 0.256. The third-order valence-corrected chi connectivity index (χ3v) is 4.34. The molecule has 1 aliphatic carbocycles. The van der Waals surface area contributed by atoms with Gasteiger partial charge in [-0.2, -0.15) is 0 Å². The summed E-state index contributed by atoms with van der Waals surface area (Å²) in [5.74, 6) is 0.572. The van der Waals surface area contributed by atoms with Crippen LogP contribution in [0.3, 0.4) is 0 Å². The maximum absolute atomic E-state index is 9.55. The molecule has 0 aliphatic heterocycles. The van der Waals surface area contributed by atoms with Crippen molar-refractivity contribution in [1.29, 1.82) is 0 Å². The molecule has 3 aromatic rings. The molecule has 0 heterocycles. The van der Waals surface area contributed by atoms with Gasteiger partial charge >= 0.3 is 0 Å². The zero-order chi connectivity index (χ0) is 14.2. The van der Waals surface area contributed by atoms with Crippen molar-refractivity contribution in [3.63, 3.8) is 0 Å². The molecule has 4 rings (SSSR count). The van der Waals surface area contributed by atoms with Gasteiger partial charge in [0.15, 0.2) is 0 Å². The van der Waals surface area contributed by atoms with Crippen LogP contribution in [0.4, 0.5) is 0 Å². The Bertz CT molecular complexity index is 741. The first-order valence-electron chi connectivity index (χ1n) is 7.27. The lowest BCUT2D eigenvalue weighted by molar-refractivity contribution is 0.475. The fourth-order valence-corrected chi connectivity index (χ4v) is 3.35. The van der Waals surface area contributed by atoms with Crippen LogP contribution in [0, 0.1) is 0 Å². The quantitative estimate of drug-likeness (QED) is 0.542. The summed E-state index contributed by atoms with van der Waals surface area (Å²) in [6.45, 7) is 0. The van der Waals surface area contributed by atoms with Gasteiger partial charge in [-0.15, -0.1) is 0 Å². The summed E-state index contributed by atoms with van der Waals surface area (Å²) in [6.07, 6.45) is 1.00. The summed E-state index contributed by atoms with van der Waals surface area (Å²) in [5, 5.41) is 9.55. The first-order chi connectivity index (χ1) is 10.3. The predicted molar refractivity (Wildman–Crippen MR) is 84.7 cm³/mol. The lowest BCUT2D eigenvalue weighted by Crippen LogP contribution is -2.14. The summed E-state index contributed by atoms with van der Waals surface area (Å²) in [6, 6.07) is 24.9. The lowest BCUT2D eigenvalue weighted by atomic mass is 9.75. The van der Waals surface area contributed by atoms with Gasteiger partial charge in [0, 0.05) is 5.92 Å². The molecule has 3 aromatic carbocycles. The Morgan fingerprint density at radius 1 is 0.667 bits per heavy atom. The van der Waals surface area contributed by atoms with Crippen molar-refractivity contribution in [2.45, 2.75) is 12.3 Å². The Morgan fingerprint density at radius 3 is 1.76 bits per heavy atom. The van der Waals surface area contributed by atoms with Gasteiger partial charge in [-0.1, -0.05) is 60.7 Å². The Kier molecular flexibility index (Phi) is 2.78. The van der Waals surface area contributed by atoms with Gasteiger partial charge < -0.3 is 5.11 Å². The second-order valence-corrected chi connectivity index (χ2v) is 5.60. The molecule has 0 amide bonds. The van der Waals surface area contributed by atoms with E-state index in [9.17, 15) is 5.11 Å². The minimum Gasteiger partial charge on any atom is -0.508 e. The average Bonchev–Trinajstić information content (AvgIpc) is 2.53. The molecule has 1 heteroatoms. The number of hydrogen-bond donors (Lipinski definition) is 1. The molecular weight excluding hydrogens is 256 g/mol. The molecular formula is C20H16O. The average molecular weight is 272 g/mol. The summed E-state index contributed by atoms with van der Waals surface area (Å²) >= 11 is 0. The fraction of sp³-hybridized carbons (Fsp3) is 0.100. The molecule has 1 N–H and O–H groups in total. The molecule has 1 nitrogen and oxygen atoms in total. The van der Waals surface area contributed by atoms with E-state index in [4.69, 9.17) is 0 Å². The van der Waals surface area contributed by atoms with Crippen LogP contribution in [0.5, 0.6) is 5.75 Å². The van der Waals surface area contributed by atoms with Crippen LogP contribution in [0.2, 0.25) is 0 Å². The van der Waals surface area contributed by atoms with Gasteiger partial charge in [-0.25, -0.2) is 0 Å². The number of fused-ring (bicyclic) bond motifs is 2. The standard InChI is InChI=1S/C20H16O/c21-17-11-9-14(10-12-17)20-18-7-3-1-5-15(18)13-16-6-2-4-8-19(16)20/h1-12,20-21H,13H2. The molecule has 0 saturated carbocycles. The number of aromatic hydroxyl groups is 1. The van der Waals surface area contributed by atoms with Crippen molar-refractivity contribution >= 4 is 0 Å². The van der Waals surface area contributed by atoms with Crippen LogP contribution < -0.4 is 0 Å². The molecule has 21 heavy (non-hydrogen) atoms. The number of hydrogen-bond acceptors (Lipinski definition) is 1. The van der Waals surface area contributed by atoms with E-state index in [0.717, 1.165) is 6.42 Å². The zero-order valence-corrected chi connectivity index (χ0v) is 11.7. The van der Waals surface area contributed by atoms with Gasteiger partial charge in [0.05, 0.1) is 0 Å². The number of phenols is 1. The molecule has 0 atom stereocenters. The Labute approximate surface area is 124 Å². The third-order valence-electron chi connectivity index (χ3n) is 4.34. The highest BCUT2D eigenvalue weighted by atomic mass is 16.3. The van der Waals surface area contributed by atoms with Crippen molar-refractivity contribution in [2.75, 3.05) is 0 Å². The summed E-state index contributed by atoms with van der Waals surface area (Å²) in [4.78, 5) is 0. The smallest absolute Gasteiger partial charge is 0.115 e. The van der Waals surface area contributed by atoms with E-state index in [1.54, 1.807) is 12.1 Å². The van der Waals surface area contributed by atoms with Gasteiger partial charge in [-0.05, 0) is 46.4 Å². The van der Waals surface area contributed by atoms with Crippen LogP contribution in [0.15, 0.2) is 72.8 Å². The maximum Gasteiger partial charge on any atom is 0.115 e. The number of phenolic OH excluding ortho intramolecular Hbond substituents is 1. The minimum atomic E-state index is 0.256. The lowest BCUT2D eigenvalue weighted by Gasteiger charge is -2.29. The van der Waals surface area contributed by atoms with Crippen molar-refractivity contribution < 1.29 is 5.11 Å². The summed E-state index contributed by atoms with van der Waals surface area (Å²) in [7, 11) is 0. The van der Waals surface area contributed by atoms with E-state index in [2.05, 4.69) is 48.5 Å². The van der Waals surface area contributed by atoms with Crippen LogP contribution in [-0.4, -0.2) is 5.11 Å². The van der Waals surface area contributed by atoms with Crippen LogP contribution in [0.1, 0.15) is 33.7 Å². The number of benzene rings is 3. The molecule has 0 bridgehead atoms. The van der Waals surface area contributed by atoms with E-state index >= 15 is 0 Å². The van der Waals surface area contributed by atoms with Gasteiger partial charge in [0.1, 0.15) is 5.75 Å². The van der Waals surface area contributed by atoms with Crippen molar-refractivity contribution in [3.8, 4) is 5.75 Å². The van der Waals surface area contributed by atoms with Crippen LogP contribution in [-0.2, 0) is 6.42 Å². The predicted octanol–water partition coefficient (Wildman–Crippen LogP) is 4.48. The Morgan fingerprint density at radius 2 is 1.19 bits per heavy atom. The highest BCUT2D eigenvalue weighted by molar-refractivity contribution is 5.54. The molecule has 102 valence electrons. The Balaban J connectivity index is 1.95.